The number of hydrogen-bond acceptors (Lipinski definition) is 11. The number of aromatic nitrogens is 4. The van der Waals surface area contributed by atoms with Gasteiger partial charge in [-0.2, -0.15) is 4.98 Å². The maximum Gasteiger partial charge on any atom is 0.271 e. The van der Waals surface area contributed by atoms with Gasteiger partial charge in [0.1, 0.15) is 0 Å². The highest BCUT2D eigenvalue weighted by Gasteiger charge is 2.30. The zero-order valence-electron chi connectivity index (χ0n) is 19.6. The molecule has 1 saturated carbocycles. The van der Waals surface area contributed by atoms with Gasteiger partial charge in [-0.25, -0.2) is 13.1 Å². The molecule has 0 spiro atoms. The van der Waals surface area contributed by atoms with Gasteiger partial charge in [0.25, 0.3) is 5.91 Å². The van der Waals surface area contributed by atoms with Gasteiger partial charge < -0.3 is 25.6 Å². The first-order valence-corrected chi connectivity index (χ1v) is 12.7. The molecule has 0 unspecified atom stereocenters. The van der Waals surface area contributed by atoms with E-state index in [-0.39, 0.29) is 40.7 Å². The smallest absolute Gasteiger partial charge is 0.271 e. The number of nitrogens with one attached hydrogen (secondary N) is 3. The van der Waals surface area contributed by atoms with E-state index in [0.29, 0.717) is 17.0 Å². The average Bonchev–Trinajstić information content (AvgIpc) is 3.54. The second-order valence-electron chi connectivity index (χ2n) is 8.20. The summed E-state index contributed by atoms with van der Waals surface area (Å²) in [7, 11) is -2.06. The Morgan fingerprint density at radius 3 is 2.61 bits per heavy atom. The Morgan fingerprint density at radius 1 is 1.22 bits per heavy atom. The summed E-state index contributed by atoms with van der Waals surface area (Å²) in [6.07, 6.45) is 2.65. The van der Waals surface area contributed by atoms with Gasteiger partial charge in [-0.1, -0.05) is 11.2 Å². The predicted molar refractivity (Wildman–Crippen MR) is 128 cm³/mol. The van der Waals surface area contributed by atoms with Crippen LogP contribution in [0.4, 0.5) is 17.2 Å². The van der Waals surface area contributed by atoms with Crippen molar-refractivity contribution < 1.29 is 27.3 Å². The molecule has 1 fully saturated rings. The van der Waals surface area contributed by atoms with E-state index in [9.17, 15) is 18.0 Å². The summed E-state index contributed by atoms with van der Waals surface area (Å²) in [4.78, 5) is 28.4. The molecule has 1 aliphatic rings. The normalized spacial score (nSPS) is 14.2. The number of anilines is 3. The van der Waals surface area contributed by atoms with Crippen LogP contribution >= 0.6 is 0 Å². The van der Waals surface area contributed by atoms with Crippen molar-refractivity contribution in [2.24, 2.45) is 11.7 Å². The number of methoxy groups -OCH3 is 1. The van der Waals surface area contributed by atoms with Gasteiger partial charge in [-0.3, -0.25) is 9.59 Å². The molecule has 36 heavy (non-hydrogen) atoms. The summed E-state index contributed by atoms with van der Waals surface area (Å²) in [5.41, 5.74) is 6.34. The zero-order chi connectivity index (χ0) is 26.0. The van der Waals surface area contributed by atoms with Crippen LogP contribution in [0.3, 0.4) is 0 Å². The van der Waals surface area contributed by atoms with Crippen molar-refractivity contribution >= 4 is 39.0 Å². The lowest BCUT2D eigenvalue weighted by Crippen LogP contribution is -2.25. The standard InChI is InChI=1S/C21H24N8O6S/c1-10(29-36(3,32)33)21-25-19(28-35-21)12-5-4-6-13(17(12)34-2)23-14-9-15(24-20(31)11-7-8-11)26-27-16(14)18(22)30/h4-6,9-11,29H,7-8H2,1-3H3,(H2,22,30)(H2,23,24,26,31)/t10-/m1/s1. The van der Waals surface area contributed by atoms with Gasteiger partial charge in [0.15, 0.2) is 17.3 Å². The number of rotatable bonds is 10. The highest BCUT2D eigenvalue weighted by Crippen LogP contribution is 2.38. The number of benzene rings is 1. The lowest BCUT2D eigenvalue weighted by atomic mass is 10.1. The van der Waals surface area contributed by atoms with Crippen LogP contribution in [0.1, 0.15) is 42.2 Å². The molecule has 2 amide bonds. The lowest BCUT2D eigenvalue weighted by molar-refractivity contribution is -0.117. The Balaban J connectivity index is 1.66. The minimum Gasteiger partial charge on any atom is -0.494 e. The number of nitrogens with zero attached hydrogens (tertiary/aromatic N) is 4. The highest BCUT2D eigenvalue weighted by molar-refractivity contribution is 7.88. The van der Waals surface area contributed by atoms with Crippen LogP contribution in [0.5, 0.6) is 5.75 Å². The van der Waals surface area contributed by atoms with Crippen LogP contribution in [0.25, 0.3) is 11.4 Å². The predicted octanol–water partition coefficient (Wildman–Crippen LogP) is 1.34. The summed E-state index contributed by atoms with van der Waals surface area (Å²) in [6.45, 7) is 1.56. The number of primary amides is 1. The molecule has 190 valence electrons. The molecule has 0 saturated heterocycles. The second kappa shape index (κ2) is 9.87. The Morgan fingerprint density at radius 2 is 1.97 bits per heavy atom. The minimum absolute atomic E-state index is 0.0500. The number of amides is 2. The van der Waals surface area contributed by atoms with Gasteiger partial charge in [-0.15, -0.1) is 10.2 Å². The van der Waals surface area contributed by atoms with E-state index in [1.807, 2.05) is 0 Å². The van der Waals surface area contributed by atoms with Crippen molar-refractivity contribution in [3.05, 3.63) is 35.9 Å². The van der Waals surface area contributed by atoms with E-state index < -0.39 is 22.0 Å². The third kappa shape index (κ3) is 5.75. The number of carbonyl (C=O) groups is 2. The number of para-hydroxylation sites is 1. The van der Waals surface area contributed by atoms with E-state index in [2.05, 4.69) is 35.7 Å². The molecule has 0 radical (unpaired) electrons. The monoisotopic (exact) mass is 516 g/mol. The van der Waals surface area contributed by atoms with Crippen LogP contribution in [0.2, 0.25) is 0 Å². The largest absolute Gasteiger partial charge is 0.494 e. The molecule has 5 N–H and O–H groups in total. The molecular formula is C21H24N8O6S. The van der Waals surface area contributed by atoms with Crippen molar-refractivity contribution in [3.8, 4) is 17.1 Å². The molecule has 1 atom stereocenters. The zero-order valence-corrected chi connectivity index (χ0v) is 20.4. The van der Waals surface area contributed by atoms with Crippen molar-refractivity contribution in [3.63, 3.8) is 0 Å². The Bertz CT molecular complexity index is 1420. The minimum atomic E-state index is -3.49. The van der Waals surface area contributed by atoms with Crippen molar-refractivity contribution in [1.29, 1.82) is 0 Å². The first-order chi connectivity index (χ1) is 17.1. The molecule has 3 aromatic rings. The topological polar surface area (TPSA) is 204 Å². The summed E-state index contributed by atoms with van der Waals surface area (Å²) in [5.74, 6) is -0.390. The number of carbonyl (C=O) groups excluding carboxylic acids is 2. The maximum atomic E-state index is 12.1. The van der Waals surface area contributed by atoms with Crippen molar-refractivity contribution in [2.45, 2.75) is 25.8 Å². The van der Waals surface area contributed by atoms with Crippen LogP contribution < -0.4 is 25.8 Å². The molecule has 2 heterocycles. The molecular weight excluding hydrogens is 492 g/mol. The quantitative estimate of drug-likeness (QED) is 0.302. The molecule has 0 aliphatic heterocycles. The number of nitrogens with two attached hydrogens (primary N) is 1. The molecule has 15 heteroatoms. The molecule has 1 aliphatic carbocycles. The summed E-state index contributed by atoms with van der Waals surface area (Å²) in [5, 5.41) is 17.4. The van der Waals surface area contributed by atoms with Gasteiger partial charge in [0.05, 0.1) is 36.3 Å². The van der Waals surface area contributed by atoms with Crippen molar-refractivity contribution in [2.75, 3.05) is 24.0 Å². The first-order valence-electron chi connectivity index (χ1n) is 10.8. The van der Waals surface area contributed by atoms with Crippen LogP contribution in [-0.4, -0.2) is 53.9 Å². The fourth-order valence-corrected chi connectivity index (χ4v) is 4.12. The molecule has 14 nitrogen and oxygen atoms in total. The molecule has 0 bridgehead atoms. The molecule has 1 aromatic carbocycles. The van der Waals surface area contributed by atoms with E-state index in [4.69, 9.17) is 15.0 Å². The van der Waals surface area contributed by atoms with Crippen LogP contribution in [0, 0.1) is 5.92 Å². The summed E-state index contributed by atoms with van der Waals surface area (Å²) >= 11 is 0. The third-order valence-corrected chi connectivity index (χ3v) is 5.94. The Labute approximate surface area is 206 Å². The van der Waals surface area contributed by atoms with E-state index in [1.165, 1.54) is 13.2 Å². The highest BCUT2D eigenvalue weighted by atomic mass is 32.2. The van der Waals surface area contributed by atoms with Gasteiger partial charge in [0, 0.05) is 12.0 Å². The van der Waals surface area contributed by atoms with Gasteiger partial charge in [-0.05, 0) is 31.9 Å². The van der Waals surface area contributed by atoms with Gasteiger partial charge >= 0.3 is 0 Å². The Hall–Kier alpha value is -4.11. The SMILES string of the molecule is COc1c(Nc2cc(NC(=O)C3CC3)nnc2C(N)=O)cccc1-c1noc([C@@H](C)NS(C)(=O)=O)n1. The number of sulfonamides is 1. The number of hydrogen-bond donors (Lipinski definition) is 4. The fraction of sp³-hybridized carbons (Fsp3) is 0.333. The first kappa shape index (κ1) is 25.0. The number of ether oxygens (including phenoxy) is 1. The van der Waals surface area contributed by atoms with E-state index >= 15 is 0 Å². The Kier molecular flexibility index (Phi) is 6.85. The fourth-order valence-electron chi connectivity index (χ4n) is 3.37. The second-order valence-corrected chi connectivity index (χ2v) is 9.98. The summed E-state index contributed by atoms with van der Waals surface area (Å²) < 4.78 is 36.2. The van der Waals surface area contributed by atoms with E-state index in [1.54, 1.807) is 25.1 Å². The van der Waals surface area contributed by atoms with Crippen LogP contribution in [-0.2, 0) is 14.8 Å². The maximum absolute atomic E-state index is 12.1. The van der Waals surface area contributed by atoms with E-state index in [0.717, 1.165) is 19.1 Å². The van der Waals surface area contributed by atoms with Crippen molar-refractivity contribution in [1.82, 2.24) is 25.1 Å². The average molecular weight is 517 g/mol. The molecule has 2 aromatic heterocycles. The third-order valence-electron chi connectivity index (χ3n) is 5.16. The van der Waals surface area contributed by atoms with Gasteiger partial charge in [0.2, 0.25) is 27.6 Å². The van der Waals surface area contributed by atoms with Crippen LogP contribution in [0.15, 0.2) is 28.8 Å². The lowest BCUT2D eigenvalue weighted by Gasteiger charge is -2.15. The summed E-state index contributed by atoms with van der Waals surface area (Å²) in [6, 6.07) is 5.73. The molecule has 4 rings (SSSR count).